The van der Waals surface area contributed by atoms with Crippen LogP contribution in [0, 0.1) is 5.92 Å². The third-order valence-corrected chi connectivity index (χ3v) is 13.5. The first-order valence-corrected chi connectivity index (χ1v) is 21.4. The molecule has 4 atom stereocenters. The Kier molecular flexibility index (Phi) is 11.1. The van der Waals surface area contributed by atoms with Gasteiger partial charge in [0.25, 0.3) is 17.4 Å². The molecule has 1 saturated heterocycles. The van der Waals surface area contributed by atoms with E-state index in [0.29, 0.717) is 44.4 Å². The number of allylic oxidation sites excluding steroid dienone is 2. The van der Waals surface area contributed by atoms with Crippen molar-refractivity contribution in [1.82, 2.24) is 28.5 Å². The van der Waals surface area contributed by atoms with Crippen LogP contribution < -0.4 is 46.0 Å². The lowest BCUT2D eigenvalue weighted by Gasteiger charge is -2.49. The lowest BCUT2D eigenvalue weighted by Crippen LogP contribution is -2.53. The molecule has 0 bridgehead atoms. The van der Waals surface area contributed by atoms with Gasteiger partial charge in [0.05, 0.1) is 81.2 Å². The second-order valence-corrected chi connectivity index (χ2v) is 16.9. The van der Waals surface area contributed by atoms with Gasteiger partial charge in [0.2, 0.25) is 0 Å². The molecule has 1 saturated carbocycles. The molecule has 3 aliphatic rings. The number of carbonyl (C=O) groups is 2. The number of imide groups is 1. The van der Waals surface area contributed by atoms with E-state index in [4.69, 9.17) is 46.9 Å². The van der Waals surface area contributed by atoms with Crippen LogP contribution in [-0.2, 0) is 41.6 Å². The summed E-state index contributed by atoms with van der Waals surface area (Å²) in [6, 6.07) is 16.5. The molecule has 2 aromatic heterocycles. The number of hydrazine groups is 1. The molecule has 0 radical (unpaired) electrons. The number of carbonyl (C=O) groups excluding carboxylic acids is 2. The van der Waals surface area contributed by atoms with Crippen molar-refractivity contribution in [2.45, 2.75) is 43.3 Å². The molecule has 6 aromatic rings. The van der Waals surface area contributed by atoms with Gasteiger partial charge in [-0.25, -0.2) is 28.5 Å². The molecule has 9 rings (SSSR count). The summed E-state index contributed by atoms with van der Waals surface area (Å²) < 4.78 is 32.8. The molecule has 4 aromatic carbocycles. The van der Waals surface area contributed by atoms with Gasteiger partial charge in [0.1, 0.15) is 28.7 Å². The van der Waals surface area contributed by atoms with E-state index in [9.17, 15) is 19.5 Å². The minimum Gasteiger partial charge on any atom is -0.507 e. The molecule has 0 spiro atoms. The average molecular weight is 941 g/mol. The molecular formula is C46H43Cl2N7O11. The second kappa shape index (κ2) is 16.7. The Morgan fingerprint density at radius 2 is 1.52 bits per heavy atom. The van der Waals surface area contributed by atoms with Crippen molar-refractivity contribution < 1.29 is 38.4 Å². The van der Waals surface area contributed by atoms with Gasteiger partial charge in [-0.05, 0) is 47.9 Å². The maximum atomic E-state index is 15.7. The van der Waals surface area contributed by atoms with Crippen LogP contribution in [0.3, 0.4) is 0 Å². The fraction of sp³-hybridized carbons (Fsp3) is 0.304. The summed E-state index contributed by atoms with van der Waals surface area (Å²) in [7, 11) is 8.87. The zero-order valence-corrected chi connectivity index (χ0v) is 38.0. The molecule has 4 heterocycles. The number of phenols is 1. The number of ether oxygens (including phenoxy) is 5. The predicted octanol–water partition coefficient (Wildman–Crippen LogP) is 4.98. The van der Waals surface area contributed by atoms with Crippen molar-refractivity contribution >= 4 is 51.7 Å². The number of nitrogens with zero attached hydrogens (tertiary/aromatic N) is 6. The van der Waals surface area contributed by atoms with Crippen LogP contribution >= 0.6 is 23.2 Å². The molecule has 342 valence electrons. The molecule has 1 aliphatic carbocycles. The van der Waals surface area contributed by atoms with Crippen LogP contribution in [0.1, 0.15) is 35.2 Å². The summed E-state index contributed by atoms with van der Waals surface area (Å²) in [5.41, 5.74) is 1.53. The number of halogens is 2. The number of fused-ring (bicyclic) bond motifs is 5. The Morgan fingerprint density at radius 3 is 2.18 bits per heavy atom. The number of hydrogen-bond donors (Lipinski definition) is 2. The number of amides is 2. The molecule has 0 unspecified atom stereocenters. The third-order valence-electron chi connectivity index (χ3n) is 13.0. The summed E-state index contributed by atoms with van der Waals surface area (Å²) in [5, 5.41) is 13.4. The summed E-state index contributed by atoms with van der Waals surface area (Å²) in [6.07, 6.45) is 1.51. The topological polar surface area (TPSA) is 200 Å². The minimum atomic E-state index is -1.82. The minimum absolute atomic E-state index is 0.0926. The smallest absolute Gasteiger partial charge is 0.347 e. The third kappa shape index (κ3) is 6.60. The Morgan fingerprint density at radius 1 is 0.818 bits per heavy atom. The van der Waals surface area contributed by atoms with E-state index in [1.807, 2.05) is 0 Å². The van der Waals surface area contributed by atoms with Crippen molar-refractivity contribution in [1.29, 1.82) is 0 Å². The van der Waals surface area contributed by atoms with Crippen molar-refractivity contribution in [3.05, 3.63) is 137 Å². The maximum absolute atomic E-state index is 15.7. The number of phenolic OH excluding ortho intramolecular Hbond substituents is 1. The molecule has 2 amide bonds. The standard InChI is InChI=1S/C46H43Cl2N7O11/c1-51-34-22-37(65-5)36(64-4)21-32(34)49-31(42(51)58)14-15-52-44(60)53-16-13-27-33(55(53)45(52)61)20-28-41(57)54(50-30-12-9-24(47)17-29(30)48)43(59)46(28,23-7-10-25(62-2)11-8-23)40(27)39-35(56)18-26(63-3)19-38(39)66-6/h7-13,17-19,21-22,28,33,40,50,56H,14-16,20H2,1-6H3/t28-,33+,40+,46+/m0/s1. The fourth-order valence-corrected chi connectivity index (χ4v) is 10.4. The number of aromatic nitrogens is 5. The van der Waals surface area contributed by atoms with Crippen molar-refractivity contribution in [2.75, 3.05) is 41.0 Å². The highest BCUT2D eigenvalue weighted by molar-refractivity contribution is 6.36. The van der Waals surface area contributed by atoms with Crippen molar-refractivity contribution in [3.63, 3.8) is 0 Å². The van der Waals surface area contributed by atoms with Gasteiger partial charge in [-0.2, -0.15) is 5.01 Å². The van der Waals surface area contributed by atoms with Crippen molar-refractivity contribution in [2.24, 2.45) is 13.0 Å². The largest absolute Gasteiger partial charge is 0.507 e. The number of rotatable bonds is 12. The summed E-state index contributed by atoms with van der Waals surface area (Å²) in [4.78, 5) is 78.3. The zero-order valence-electron chi connectivity index (χ0n) is 36.5. The van der Waals surface area contributed by atoms with E-state index in [1.54, 1.807) is 61.7 Å². The predicted molar refractivity (Wildman–Crippen MR) is 243 cm³/mol. The van der Waals surface area contributed by atoms with Crippen LogP contribution in [0.4, 0.5) is 5.69 Å². The number of aromatic hydroxyl groups is 1. The van der Waals surface area contributed by atoms with Crippen LogP contribution in [0.2, 0.25) is 10.0 Å². The number of nitrogens with one attached hydrogen (secondary N) is 1. The average Bonchev–Trinajstić information content (AvgIpc) is 3.69. The number of methoxy groups -OCH3 is 5. The summed E-state index contributed by atoms with van der Waals surface area (Å²) in [5.74, 6) is -2.46. The molecule has 2 N–H and O–H groups in total. The summed E-state index contributed by atoms with van der Waals surface area (Å²) in [6.45, 7) is -0.353. The molecule has 2 aliphatic heterocycles. The highest BCUT2D eigenvalue weighted by atomic mass is 35.5. The Bertz CT molecular complexity index is 3210. The van der Waals surface area contributed by atoms with Gasteiger partial charge in [-0.15, -0.1) is 0 Å². The monoisotopic (exact) mass is 939 g/mol. The second-order valence-electron chi connectivity index (χ2n) is 16.0. The highest BCUT2D eigenvalue weighted by Gasteiger charge is 2.69. The van der Waals surface area contributed by atoms with Crippen molar-refractivity contribution in [3.8, 4) is 34.5 Å². The first kappa shape index (κ1) is 44.0. The molecule has 2 fully saturated rings. The van der Waals surface area contributed by atoms with E-state index in [0.717, 1.165) is 9.58 Å². The van der Waals surface area contributed by atoms with Gasteiger partial charge in [0.15, 0.2) is 11.5 Å². The zero-order chi connectivity index (χ0) is 46.9. The molecule has 66 heavy (non-hydrogen) atoms. The SMILES string of the molecule is COc1ccc([C@@]23C(=O)N(Nc4ccc(Cl)cc4Cl)C(=O)[C@@H]2C[C@@H]2C(=CCn4c(=O)n(CCc5nc6cc(OC)c(OC)cc6n(C)c5=O)c(=O)n42)[C@@H]3c2c(O)cc(OC)cc2OC)cc1. The van der Waals surface area contributed by atoms with Crippen LogP contribution in [-0.4, -0.2) is 81.0 Å². The fourth-order valence-electron chi connectivity index (χ4n) is 9.91. The van der Waals surface area contributed by atoms with Gasteiger partial charge < -0.3 is 33.4 Å². The van der Waals surface area contributed by atoms with Crippen LogP contribution in [0.25, 0.3) is 11.0 Å². The number of anilines is 1. The molecular weight excluding hydrogens is 897 g/mol. The van der Waals surface area contributed by atoms with Crippen LogP contribution in [0.15, 0.2) is 92.8 Å². The summed E-state index contributed by atoms with van der Waals surface area (Å²) >= 11 is 12.8. The first-order valence-electron chi connectivity index (χ1n) is 20.6. The normalized spacial score (nSPS) is 19.8. The van der Waals surface area contributed by atoms with Gasteiger partial charge in [-0.3, -0.25) is 19.8 Å². The Balaban J connectivity index is 1.21. The van der Waals surface area contributed by atoms with Crippen LogP contribution in [0.5, 0.6) is 34.5 Å². The molecule has 20 heteroatoms. The first-order chi connectivity index (χ1) is 31.7. The quantitative estimate of drug-likeness (QED) is 0.123. The van der Waals surface area contributed by atoms with Gasteiger partial charge in [0, 0.05) is 60.8 Å². The molecule has 18 nitrogen and oxygen atoms in total. The van der Waals surface area contributed by atoms with E-state index in [2.05, 4.69) is 10.4 Å². The van der Waals surface area contributed by atoms with Gasteiger partial charge >= 0.3 is 11.4 Å². The lowest BCUT2D eigenvalue weighted by molar-refractivity contribution is -0.138. The van der Waals surface area contributed by atoms with Gasteiger partial charge in [-0.1, -0.05) is 41.4 Å². The maximum Gasteiger partial charge on any atom is 0.347 e. The number of benzene rings is 4. The number of aryl methyl sites for hydroxylation is 2. The Hall–Kier alpha value is -7.18. The Labute approximate surface area is 385 Å². The lowest BCUT2D eigenvalue weighted by atomic mass is 9.53. The number of hydrogen-bond acceptors (Lipinski definition) is 13. The highest BCUT2D eigenvalue weighted by Crippen LogP contribution is 2.64. The van der Waals surface area contributed by atoms with E-state index in [-0.39, 0.29) is 65.1 Å². The van der Waals surface area contributed by atoms with E-state index in [1.165, 1.54) is 67.7 Å². The van der Waals surface area contributed by atoms with E-state index >= 15 is 9.59 Å². The van der Waals surface area contributed by atoms with E-state index < -0.39 is 52.0 Å².